The van der Waals surface area contributed by atoms with Gasteiger partial charge >= 0.3 is 5.97 Å². The molecule has 160 valence electrons. The van der Waals surface area contributed by atoms with Gasteiger partial charge in [0.2, 0.25) is 0 Å². The Morgan fingerprint density at radius 3 is 2.70 bits per heavy atom. The summed E-state index contributed by atoms with van der Waals surface area (Å²) < 4.78 is 6.88. The number of carbonyl (C=O) groups is 1. The number of hydrogen-bond donors (Lipinski definition) is 0. The molecule has 1 aromatic heterocycles. The van der Waals surface area contributed by atoms with Crippen LogP contribution in [0.15, 0.2) is 34.2 Å². The SMILES string of the molecule is CCCn1c(SCC(=O)OCC)nc2c(c1=O)C1(CCCCC1)Cc1ccccc1-2. The molecule has 2 aliphatic rings. The highest BCUT2D eigenvalue weighted by Gasteiger charge is 2.43. The molecule has 1 spiro atoms. The summed E-state index contributed by atoms with van der Waals surface area (Å²) in [5, 5.41) is 0.622. The fourth-order valence-corrected chi connectivity index (χ4v) is 5.89. The van der Waals surface area contributed by atoms with Crippen molar-refractivity contribution in [2.45, 2.75) is 75.9 Å². The Bertz CT molecular complexity index is 992. The van der Waals surface area contributed by atoms with Crippen molar-refractivity contribution in [3.8, 4) is 11.3 Å². The van der Waals surface area contributed by atoms with Gasteiger partial charge in [-0.25, -0.2) is 4.98 Å². The van der Waals surface area contributed by atoms with Crippen molar-refractivity contribution < 1.29 is 9.53 Å². The van der Waals surface area contributed by atoms with Gasteiger partial charge in [0, 0.05) is 17.5 Å². The van der Waals surface area contributed by atoms with Crippen molar-refractivity contribution in [1.29, 1.82) is 0 Å². The molecule has 2 aromatic rings. The molecule has 0 radical (unpaired) electrons. The summed E-state index contributed by atoms with van der Waals surface area (Å²) in [5.74, 6) is -0.114. The average Bonchev–Trinajstić information content (AvgIpc) is 2.75. The van der Waals surface area contributed by atoms with Gasteiger partial charge in [-0.2, -0.15) is 0 Å². The Hall–Kier alpha value is -2.08. The van der Waals surface area contributed by atoms with E-state index in [9.17, 15) is 9.59 Å². The standard InChI is InChI=1S/C24H30N2O3S/c1-3-14-26-22(28)20-21(25-23(26)30-16-19(27)29-4-2)18-11-7-6-10-17(18)15-24(20)12-8-5-9-13-24/h6-7,10-11H,3-5,8-9,12-16H2,1-2H3. The fraction of sp³-hybridized carbons (Fsp3) is 0.542. The third-order valence-electron chi connectivity index (χ3n) is 6.35. The second kappa shape index (κ2) is 8.96. The minimum atomic E-state index is -0.276. The van der Waals surface area contributed by atoms with Gasteiger partial charge in [-0.1, -0.05) is 62.2 Å². The van der Waals surface area contributed by atoms with Gasteiger partial charge < -0.3 is 4.74 Å². The molecule has 1 fully saturated rings. The summed E-state index contributed by atoms with van der Waals surface area (Å²) in [6.45, 7) is 4.83. The summed E-state index contributed by atoms with van der Waals surface area (Å²) in [5.41, 5.74) is 4.09. The van der Waals surface area contributed by atoms with Gasteiger partial charge in [-0.15, -0.1) is 0 Å². The number of fused-ring (bicyclic) bond motifs is 4. The van der Waals surface area contributed by atoms with Crippen LogP contribution >= 0.6 is 11.8 Å². The van der Waals surface area contributed by atoms with E-state index in [2.05, 4.69) is 25.1 Å². The Morgan fingerprint density at radius 1 is 1.20 bits per heavy atom. The molecule has 1 aromatic carbocycles. The topological polar surface area (TPSA) is 61.2 Å². The molecule has 6 heteroatoms. The minimum Gasteiger partial charge on any atom is -0.465 e. The highest BCUT2D eigenvalue weighted by Crippen LogP contribution is 2.48. The van der Waals surface area contributed by atoms with Crippen LogP contribution in [0.3, 0.4) is 0 Å². The van der Waals surface area contributed by atoms with Crippen molar-refractivity contribution in [2.75, 3.05) is 12.4 Å². The van der Waals surface area contributed by atoms with E-state index < -0.39 is 0 Å². The number of carbonyl (C=O) groups excluding carboxylic acids is 1. The van der Waals surface area contributed by atoms with Crippen molar-refractivity contribution in [3.05, 3.63) is 45.7 Å². The van der Waals surface area contributed by atoms with Gasteiger partial charge in [0.15, 0.2) is 5.16 Å². The van der Waals surface area contributed by atoms with Crippen molar-refractivity contribution in [2.24, 2.45) is 0 Å². The van der Waals surface area contributed by atoms with E-state index in [1.165, 1.54) is 23.7 Å². The molecule has 1 heterocycles. The molecular weight excluding hydrogens is 396 g/mol. The van der Waals surface area contributed by atoms with Gasteiger partial charge in [0.25, 0.3) is 5.56 Å². The quantitative estimate of drug-likeness (QED) is 0.379. The van der Waals surface area contributed by atoms with Crippen LogP contribution in [0.5, 0.6) is 0 Å². The van der Waals surface area contributed by atoms with E-state index >= 15 is 0 Å². The third kappa shape index (κ3) is 3.82. The highest BCUT2D eigenvalue weighted by molar-refractivity contribution is 7.99. The molecule has 0 unspecified atom stereocenters. The predicted octanol–water partition coefficient (Wildman–Crippen LogP) is 4.73. The van der Waals surface area contributed by atoms with E-state index in [0.717, 1.165) is 55.3 Å². The largest absolute Gasteiger partial charge is 0.465 e. The van der Waals surface area contributed by atoms with Crippen LogP contribution in [0.1, 0.15) is 63.5 Å². The van der Waals surface area contributed by atoms with Crippen molar-refractivity contribution in [1.82, 2.24) is 9.55 Å². The summed E-state index contributed by atoms with van der Waals surface area (Å²) in [4.78, 5) is 30.8. The first-order valence-corrected chi connectivity index (χ1v) is 12.1. The van der Waals surface area contributed by atoms with E-state index in [0.29, 0.717) is 18.3 Å². The molecule has 0 bridgehead atoms. The molecule has 2 aliphatic carbocycles. The van der Waals surface area contributed by atoms with Gasteiger partial charge in [0.1, 0.15) is 0 Å². The van der Waals surface area contributed by atoms with Crippen LogP contribution < -0.4 is 5.56 Å². The fourth-order valence-electron chi connectivity index (χ4n) is 5.08. The zero-order chi connectivity index (χ0) is 21.1. The van der Waals surface area contributed by atoms with Crippen molar-refractivity contribution in [3.63, 3.8) is 0 Å². The molecule has 0 saturated heterocycles. The highest BCUT2D eigenvalue weighted by atomic mass is 32.2. The molecule has 30 heavy (non-hydrogen) atoms. The van der Waals surface area contributed by atoms with Gasteiger partial charge in [0.05, 0.1) is 23.6 Å². The summed E-state index contributed by atoms with van der Waals surface area (Å²) >= 11 is 1.31. The molecule has 0 N–H and O–H groups in total. The summed E-state index contributed by atoms with van der Waals surface area (Å²) in [6.07, 6.45) is 7.43. The van der Waals surface area contributed by atoms with Gasteiger partial charge in [-0.05, 0) is 38.2 Å². The third-order valence-corrected chi connectivity index (χ3v) is 7.30. The zero-order valence-electron chi connectivity index (χ0n) is 17.9. The first-order chi connectivity index (χ1) is 14.6. The molecule has 1 saturated carbocycles. The average molecular weight is 427 g/mol. The molecule has 0 amide bonds. The van der Waals surface area contributed by atoms with E-state index in [1.807, 2.05) is 6.07 Å². The second-order valence-electron chi connectivity index (χ2n) is 8.34. The molecular formula is C24H30N2O3S. The molecule has 4 rings (SSSR count). The number of rotatable bonds is 6. The van der Waals surface area contributed by atoms with Crippen LogP contribution in [-0.4, -0.2) is 27.9 Å². The number of benzene rings is 1. The summed E-state index contributed by atoms with van der Waals surface area (Å²) in [6, 6.07) is 8.36. The Morgan fingerprint density at radius 2 is 1.97 bits per heavy atom. The zero-order valence-corrected chi connectivity index (χ0v) is 18.7. The van der Waals surface area contributed by atoms with Crippen LogP contribution in [-0.2, 0) is 27.9 Å². The normalized spacial score (nSPS) is 16.7. The smallest absolute Gasteiger partial charge is 0.316 e. The van der Waals surface area contributed by atoms with Gasteiger partial charge in [-0.3, -0.25) is 14.2 Å². The van der Waals surface area contributed by atoms with Crippen molar-refractivity contribution >= 4 is 17.7 Å². The summed E-state index contributed by atoms with van der Waals surface area (Å²) in [7, 11) is 0. The minimum absolute atomic E-state index is 0.0876. The number of ether oxygens (including phenoxy) is 1. The lowest BCUT2D eigenvalue weighted by molar-refractivity contribution is -0.139. The first kappa shape index (κ1) is 21.2. The number of hydrogen-bond acceptors (Lipinski definition) is 5. The maximum atomic E-state index is 13.9. The number of thioether (sulfide) groups is 1. The predicted molar refractivity (Wildman–Crippen MR) is 120 cm³/mol. The molecule has 0 atom stereocenters. The lowest BCUT2D eigenvalue weighted by Crippen LogP contribution is -2.43. The first-order valence-electron chi connectivity index (χ1n) is 11.1. The lowest BCUT2D eigenvalue weighted by atomic mass is 9.62. The van der Waals surface area contributed by atoms with Crippen LogP contribution in [0, 0.1) is 0 Å². The van der Waals surface area contributed by atoms with E-state index in [-0.39, 0.29) is 22.7 Å². The van der Waals surface area contributed by atoms with Crippen LogP contribution in [0.2, 0.25) is 0 Å². The molecule has 5 nitrogen and oxygen atoms in total. The number of nitrogens with zero attached hydrogens (tertiary/aromatic N) is 2. The van der Waals surface area contributed by atoms with Crippen LogP contribution in [0.4, 0.5) is 0 Å². The Kier molecular flexibility index (Phi) is 6.32. The van der Waals surface area contributed by atoms with Crippen LogP contribution in [0.25, 0.3) is 11.3 Å². The second-order valence-corrected chi connectivity index (χ2v) is 9.29. The number of aromatic nitrogens is 2. The maximum Gasteiger partial charge on any atom is 0.316 e. The molecule has 0 aliphatic heterocycles. The lowest BCUT2D eigenvalue weighted by Gasteiger charge is -2.42. The Balaban J connectivity index is 1.87. The van der Waals surface area contributed by atoms with E-state index in [1.54, 1.807) is 11.5 Å². The monoisotopic (exact) mass is 426 g/mol. The Labute approximate surface area is 182 Å². The van der Waals surface area contributed by atoms with E-state index in [4.69, 9.17) is 9.72 Å². The maximum absolute atomic E-state index is 13.9. The number of esters is 1.